The van der Waals surface area contributed by atoms with Gasteiger partial charge >= 0.3 is 0 Å². The van der Waals surface area contributed by atoms with Crippen molar-refractivity contribution in [2.24, 2.45) is 5.92 Å². The number of carbonyl (C=O) groups excluding carboxylic acids is 1. The van der Waals surface area contributed by atoms with Gasteiger partial charge in [0.2, 0.25) is 5.91 Å². The highest BCUT2D eigenvalue weighted by molar-refractivity contribution is 5.93. The molecule has 124 valence electrons. The molecule has 5 heteroatoms. The van der Waals surface area contributed by atoms with Crippen LogP contribution in [0.2, 0.25) is 0 Å². The molecule has 0 radical (unpaired) electrons. The van der Waals surface area contributed by atoms with Gasteiger partial charge in [0.15, 0.2) is 0 Å². The molecule has 3 nitrogen and oxygen atoms in total. The fourth-order valence-corrected chi connectivity index (χ4v) is 2.23. The van der Waals surface area contributed by atoms with Crippen molar-refractivity contribution in [2.75, 3.05) is 11.1 Å². The molecule has 0 heterocycles. The van der Waals surface area contributed by atoms with Crippen LogP contribution in [0.5, 0.6) is 0 Å². The molecule has 1 unspecified atom stereocenters. The highest BCUT2D eigenvalue weighted by Gasteiger charge is 2.15. The Bertz CT molecular complexity index is 676. The molecule has 2 aromatic carbocycles. The van der Waals surface area contributed by atoms with E-state index in [0.717, 1.165) is 11.3 Å². The largest absolute Gasteiger partial charge is 0.399 e. The Morgan fingerprint density at radius 3 is 2.65 bits per heavy atom. The summed E-state index contributed by atoms with van der Waals surface area (Å²) in [5, 5.41) is 2.89. The second-order valence-corrected chi connectivity index (χ2v) is 5.59. The van der Waals surface area contributed by atoms with E-state index in [1.54, 1.807) is 30.3 Å². The summed E-state index contributed by atoms with van der Waals surface area (Å²) in [7, 11) is 0. The van der Waals surface area contributed by atoms with Crippen LogP contribution in [0.25, 0.3) is 0 Å². The number of nitrogens with one attached hydrogen (secondary N) is 1. The number of amides is 1. The SMILES string of the molecule is Cc1ccc(N)cc1NC(=O)C(C)CCc1ccccc1F.Cl. The molecule has 0 aliphatic carbocycles. The van der Waals surface area contributed by atoms with Crippen LogP contribution >= 0.6 is 12.4 Å². The summed E-state index contributed by atoms with van der Waals surface area (Å²) in [6.07, 6.45) is 1.13. The van der Waals surface area contributed by atoms with Crippen molar-refractivity contribution in [3.05, 3.63) is 59.4 Å². The molecular formula is C18H22ClFN2O. The van der Waals surface area contributed by atoms with Gasteiger partial charge in [-0.1, -0.05) is 31.2 Å². The number of nitrogens with two attached hydrogens (primary N) is 1. The van der Waals surface area contributed by atoms with Gasteiger partial charge in [0, 0.05) is 17.3 Å². The zero-order chi connectivity index (χ0) is 16.1. The zero-order valence-electron chi connectivity index (χ0n) is 13.3. The number of anilines is 2. The first-order valence-electron chi connectivity index (χ1n) is 7.37. The van der Waals surface area contributed by atoms with Gasteiger partial charge in [0.25, 0.3) is 0 Å². The number of benzene rings is 2. The predicted octanol–water partition coefficient (Wildman–Crippen LogP) is 4.35. The Balaban J connectivity index is 0.00000264. The first kappa shape index (κ1) is 19.0. The van der Waals surface area contributed by atoms with Gasteiger partial charge in [0.1, 0.15) is 5.82 Å². The standard InChI is InChI=1S/C18H21FN2O.ClH/c1-12-8-10-15(20)11-17(12)21-18(22)13(2)7-9-14-5-3-4-6-16(14)19;/h3-6,8,10-11,13H,7,9,20H2,1-2H3,(H,21,22);1H. The summed E-state index contributed by atoms with van der Waals surface area (Å²) in [4.78, 5) is 12.2. The molecule has 0 aliphatic rings. The second-order valence-electron chi connectivity index (χ2n) is 5.59. The highest BCUT2D eigenvalue weighted by atomic mass is 35.5. The quantitative estimate of drug-likeness (QED) is 0.798. The molecule has 1 amide bonds. The van der Waals surface area contributed by atoms with E-state index >= 15 is 0 Å². The van der Waals surface area contributed by atoms with Gasteiger partial charge < -0.3 is 11.1 Å². The first-order chi connectivity index (χ1) is 10.5. The second kappa shape index (κ2) is 8.53. The van der Waals surface area contributed by atoms with Crippen LogP contribution in [0.4, 0.5) is 15.8 Å². The number of hydrogen-bond acceptors (Lipinski definition) is 2. The fourth-order valence-electron chi connectivity index (χ4n) is 2.23. The number of nitrogen functional groups attached to an aromatic ring is 1. The van der Waals surface area contributed by atoms with E-state index in [1.165, 1.54) is 6.07 Å². The van der Waals surface area contributed by atoms with Crippen LogP contribution in [-0.2, 0) is 11.2 Å². The van der Waals surface area contributed by atoms with Crippen LogP contribution < -0.4 is 11.1 Å². The van der Waals surface area contributed by atoms with Gasteiger partial charge in [-0.2, -0.15) is 0 Å². The smallest absolute Gasteiger partial charge is 0.227 e. The third-order valence-corrected chi connectivity index (χ3v) is 3.77. The van der Waals surface area contributed by atoms with Crippen LogP contribution in [-0.4, -0.2) is 5.91 Å². The van der Waals surface area contributed by atoms with Crippen LogP contribution in [0.15, 0.2) is 42.5 Å². The molecule has 0 aliphatic heterocycles. The minimum absolute atomic E-state index is 0. The molecule has 0 fully saturated rings. The van der Waals surface area contributed by atoms with E-state index in [4.69, 9.17) is 5.73 Å². The maximum Gasteiger partial charge on any atom is 0.227 e. The van der Waals surface area contributed by atoms with Gasteiger partial charge in [-0.15, -0.1) is 12.4 Å². The lowest BCUT2D eigenvalue weighted by Gasteiger charge is -2.14. The summed E-state index contributed by atoms with van der Waals surface area (Å²) in [6, 6.07) is 12.1. The van der Waals surface area contributed by atoms with Crippen molar-refractivity contribution in [3.8, 4) is 0 Å². The lowest BCUT2D eigenvalue weighted by Crippen LogP contribution is -2.21. The van der Waals surface area contributed by atoms with Crippen LogP contribution in [0.1, 0.15) is 24.5 Å². The van der Waals surface area contributed by atoms with E-state index < -0.39 is 0 Å². The number of carbonyl (C=O) groups is 1. The van der Waals surface area contributed by atoms with Crippen molar-refractivity contribution < 1.29 is 9.18 Å². The minimum Gasteiger partial charge on any atom is -0.399 e. The number of rotatable bonds is 5. The van der Waals surface area contributed by atoms with Gasteiger partial charge in [-0.25, -0.2) is 4.39 Å². The van der Waals surface area contributed by atoms with E-state index in [-0.39, 0.29) is 30.0 Å². The third-order valence-electron chi connectivity index (χ3n) is 3.77. The number of halogens is 2. The van der Waals surface area contributed by atoms with Crippen molar-refractivity contribution in [1.29, 1.82) is 0 Å². The minimum atomic E-state index is -0.221. The molecule has 2 rings (SSSR count). The topological polar surface area (TPSA) is 55.1 Å². The summed E-state index contributed by atoms with van der Waals surface area (Å²) in [5.74, 6) is -0.507. The maximum atomic E-state index is 13.6. The molecule has 0 aromatic heterocycles. The zero-order valence-corrected chi connectivity index (χ0v) is 14.1. The molecule has 23 heavy (non-hydrogen) atoms. The lowest BCUT2D eigenvalue weighted by atomic mass is 9.99. The molecular weight excluding hydrogens is 315 g/mol. The predicted molar refractivity (Wildman–Crippen MR) is 95.4 cm³/mol. The molecule has 0 saturated heterocycles. The molecule has 2 aromatic rings. The third kappa shape index (κ3) is 5.25. The van der Waals surface area contributed by atoms with E-state index in [2.05, 4.69) is 5.32 Å². The Morgan fingerprint density at radius 1 is 1.26 bits per heavy atom. The monoisotopic (exact) mass is 336 g/mol. The Labute approximate surface area is 142 Å². The first-order valence-corrected chi connectivity index (χ1v) is 7.37. The van der Waals surface area contributed by atoms with Crippen LogP contribution in [0, 0.1) is 18.7 Å². The molecule has 3 N–H and O–H groups in total. The summed E-state index contributed by atoms with van der Waals surface area (Å²) < 4.78 is 13.6. The normalized spacial score (nSPS) is 11.4. The van der Waals surface area contributed by atoms with Crippen molar-refractivity contribution in [2.45, 2.75) is 26.7 Å². The van der Waals surface area contributed by atoms with E-state index in [0.29, 0.717) is 24.1 Å². The Kier molecular flexibility index (Phi) is 7.04. The highest BCUT2D eigenvalue weighted by Crippen LogP contribution is 2.20. The fraction of sp³-hybridized carbons (Fsp3) is 0.278. The number of aryl methyl sites for hydroxylation is 2. The average molecular weight is 337 g/mol. The van der Waals surface area contributed by atoms with Crippen LogP contribution in [0.3, 0.4) is 0 Å². The van der Waals surface area contributed by atoms with E-state index in [9.17, 15) is 9.18 Å². The molecule has 0 saturated carbocycles. The maximum absolute atomic E-state index is 13.6. The number of hydrogen-bond donors (Lipinski definition) is 2. The van der Waals surface area contributed by atoms with Crippen molar-refractivity contribution >= 4 is 29.7 Å². The summed E-state index contributed by atoms with van der Waals surface area (Å²) >= 11 is 0. The summed E-state index contributed by atoms with van der Waals surface area (Å²) in [6.45, 7) is 3.76. The van der Waals surface area contributed by atoms with Gasteiger partial charge in [0.05, 0.1) is 0 Å². The average Bonchev–Trinajstić information content (AvgIpc) is 2.49. The Hall–Kier alpha value is -2.07. The summed E-state index contributed by atoms with van der Waals surface area (Å²) in [5.41, 5.74) is 8.68. The lowest BCUT2D eigenvalue weighted by molar-refractivity contribution is -0.119. The van der Waals surface area contributed by atoms with Gasteiger partial charge in [-0.05, 0) is 49.1 Å². The van der Waals surface area contributed by atoms with E-state index in [1.807, 2.05) is 19.9 Å². The van der Waals surface area contributed by atoms with Gasteiger partial charge in [-0.3, -0.25) is 4.79 Å². The molecule has 0 spiro atoms. The van der Waals surface area contributed by atoms with Crippen molar-refractivity contribution in [1.82, 2.24) is 0 Å². The van der Waals surface area contributed by atoms with Crippen molar-refractivity contribution in [3.63, 3.8) is 0 Å². The molecule has 0 bridgehead atoms. The molecule has 1 atom stereocenters. The Morgan fingerprint density at radius 2 is 1.96 bits per heavy atom.